The van der Waals surface area contributed by atoms with Crippen LogP contribution in [0.4, 0.5) is 19.0 Å². The predicted molar refractivity (Wildman–Crippen MR) is 128 cm³/mol. The van der Waals surface area contributed by atoms with Gasteiger partial charge in [0.25, 0.3) is 11.9 Å². The molecule has 14 heteroatoms. The van der Waals surface area contributed by atoms with Crippen molar-refractivity contribution in [3.63, 3.8) is 0 Å². The molecular weight excluding hydrogens is 519 g/mol. The van der Waals surface area contributed by atoms with Crippen LogP contribution >= 0.6 is 11.6 Å². The van der Waals surface area contributed by atoms with E-state index in [1.807, 2.05) is 0 Å². The number of aliphatic hydroxyl groups is 1. The number of carbonyl (C=O) groups is 1. The number of hydrogen-bond acceptors (Lipinski definition) is 8. The lowest BCUT2D eigenvalue weighted by molar-refractivity contribution is -0.274. The summed E-state index contributed by atoms with van der Waals surface area (Å²) in [5.41, 5.74) is 0.765. The van der Waals surface area contributed by atoms with Gasteiger partial charge in [0.2, 0.25) is 0 Å². The van der Waals surface area contributed by atoms with Crippen LogP contribution in [0, 0.1) is 0 Å². The maximum absolute atomic E-state index is 12.9. The van der Waals surface area contributed by atoms with Crippen LogP contribution in [-0.4, -0.2) is 65.3 Å². The second-order valence-electron chi connectivity index (χ2n) is 7.45. The third-order valence-corrected chi connectivity index (χ3v) is 4.96. The molecule has 1 amide bonds. The van der Waals surface area contributed by atoms with E-state index in [0.29, 0.717) is 17.1 Å². The highest BCUT2D eigenvalue weighted by molar-refractivity contribution is 6.30. The number of alkyl halides is 3. The van der Waals surface area contributed by atoms with Gasteiger partial charge in [0, 0.05) is 32.5 Å². The molecule has 2 heterocycles. The van der Waals surface area contributed by atoms with Crippen molar-refractivity contribution in [2.24, 2.45) is 0 Å². The molecular formula is C23H25ClF3N5O5. The van der Waals surface area contributed by atoms with Gasteiger partial charge in [-0.05, 0) is 30.7 Å². The van der Waals surface area contributed by atoms with E-state index >= 15 is 0 Å². The van der Waals surface area contributed by atoms with E-state index in [1.165, 1.54) is 22.9 Å². The Morgan fingerprint density at radius 2 is 1.92 bits per heavy atom. The Hall–Kier alpha value is -3.71. The summed E-state index contributed by atoms with van der Waals surface area (Å²) in [4.78, 5) is 21.5. The van der Waals surface area contributed by atoms with Crippen molar-refractivity contribution in [2.75, 3.05) is 38.7 Å². The molecule has 0 unspecified atom stereocenters. The molecule has 1 aromatic carbocycles. The van der Waals surface area contributed by atoms with Crippen LogP contribution in [0.15, 0.2) is 42.6 Å². The number of hydrogen-bond donors (Lipinski definition) is 3. The van der Waals surface area contributed by atoms with E-state index in [9.17, 15) is 18.0 Å². The largest absolute Gasteiger partial charge is 0.573 e. The van der Waals surface area contributed by atoms with Gasteiger partial charge in [-0.25, -0.2) is 0 Å². The van der Waals surface area contributed by atoms with Crippen LogP contribution in [-0.2, 0) is 6.54 Å². The van der Waals surface area contributed by atoms with Gasteiger partial charge < -0.3 is 30.0 Å². The highest BCUT2D eigenvalue weighted by Crippen LogP contribution is 2.27. The van der Waals surface area contributed by atoms with E-state index in [-0.39, 0.29) is 56.2 Å². The third kappa shape index (κ3) is 8.43. The van der Waals surface area contributed by atoms with Crippen molar-refractivity contribution in [1.29, 1.82) is 0 Å². The number of benzene rings is 1. The Balaban J connectivity index is 1.74. The maximum Gasteiger partial charge on any atom is 0.573 e. The smallest absolute Gasteiger partial charge is 0.490 e. The Morgan fingerprint density at radius 1 is 1.16 bits per heavy atom. The van der Waals surface area contributed by atoms with E-state index in [2.05, 4.69) is 25.3 Å². The fourth-order valence-corrected chi connectivity index (χ4v) is 3.29. The van der Waals surface area contributed by atoms with Crippen LogP contribution in [0.2, 0.25) is 5.02 Å². The molecule has 3 rings (SSSR count). The molecule has 0 aliphatic heterocycles. The molecule has 2 aromatic heterocycles. The summed E-state index contributed by atoms with van der Waals surface area (Å²) in [5.74, 6) is -0.443. The number of nitrogens with one attached hydrogen (secondary N) is 2. The number of ether oxygens (including phenoxy) is 3. The third-order valence-electron chi connectivity index (χ3n) is 4.74. The highest BCUT2D eigenvalue weighted by Gasteiger charge is 2.31. The van der Waals surface area contributed by atoms with Gasteiger partial charge in [-0.2, -0.15) is 4.98 Å². The second kappa shape index (κ2) is 13.0. The zero-order valence-corrected chi connectivity index (χ0v) is 20.5. The lowest BCUT2D eigenvalue weighted by Crippen LogP contribution is -2.28. The fraction of sp³-hybridized carbons (Fsp3) is 0.348. The summed E-state index contributed by atoms with van der Waals surface area (Å²) in [6.45, 7) is 0.233. The van der Waals surface area contributed by atoms with Gasteiger partial charge in [-0.3, -0.25) is 14.3 Å². The van der Waals surface area contributed by atoms with Crippen molar-refractivity contribution in [1.82, 2.24) is 19.9 Å². The summed E-state index contributed by atoms with van der Waals surface area (Å²) in [6, 6.07) is 8.54. The van der Waals surface area contributed by atoms with Gasteiger partial charge in [0.15, 0.2) is 11.5 Å². The SMILES string of the molecule is CNc1nc(OCCOc2cccc(OC(F)(F)F)c2)n(Cc2ccc(Cl)cn2)c1C(=O)NCCCO. The number of halogens is 4. The standard InChI is InChI=1S/C23H25ClF3N5O5/c1-28-20-19(21(34)29-8-3-9-33)32(14-16-7-6-15(24)13-30-16)22(31-20)36-11-10-35-17-4-2-5-18(12-17)37-23(25,26)27/h2,4-7,12-13,28,33H,3,8-11,14H2,1H3,(H,29,34). The van der Waals surface area contributed by atoms with Crippen LogP contribution in [0.3, 0.4) is 0 Å². The minimum Gasteiger partial charge on any atom is -0.490 e. The molecule has 0 atom stereocenters. The van der Waals surface area contributed by atoms with Gasteiger partial charge >= 0.3 is 6.36 Å². The molecule has 0 bridgehead atoms. The Bertz CT molecular complexity index is 1170. The van der Waals surface area contributed by atoms with Crippen molar-refractivity contribution in [3.05, 3.63) is 59.0 Å². The first-order chi connectivity index (χ1) is 17.7. The molecule has 0 saturated carbocycles. The number of pyridine rings is 1. The summed E-state index contributed by atoms with van der Waals surface area (Å²) in [5, 5.41) is 15.0. The first kappa shape index (κ1) is 27.9. The Kier molecular flexibility index (Phi) is 9.80. The minimum absolute atomic E-state index is 0.0333. The number of carbonyl (C=O) groups excluding carboxylic acids is 1. The Morgan fingerprint density at radius 3 is 2.59 bits per heavy atom. The summed E-state index contributed by atoms with van der Waals surface area (Å²) in [7, 11) is 1.60. The van der Waals surface area contributed by atoms with E-state index in [1.54, 1.807) is 19.2 Å². The molecule has 200 valence electrons. The molecule has 0 saturated heterocycles. The van der Waals surface area contributed by atoms with Gasteiger partial charge in [-0.15, -0.1) is 13.2 Å². The van der Waals surface area contributed by atoms with Crippen molar-refractivity contribution >= 4 is 23.3 Å². The summed E-state index contributed by atoms with van der Waals surface area (Å²) in [6.07, 6.45) is -2.97. The topological polar surface area (TPSA) is 120 Å². The number of amides is 1. The number of imidazole rings is 1. The van der Waals surface area contributed by atoms with Gasteiger partial charge in [0.1, 0.15) is 24.7 Å². The van der Waals surface area contributed by atoms with Crippen molar-refractivity contribution in [2.45, 2.75) is 19.3 Å². The first-order valence-electron chi connectivity index (χ1n) is 11.1. The molecule has 0 spiro atoms. The maximum atomic E-state index is 12.9. The predicted octanol–water partition coefficient (Wildman–Crippen LogP) is 3.49. The molecule has 0 fully saturated rings. The number of anilines is 1. The molecule has 3 aromatic rings. The molecule has 0 radical (unpaired) electrons. The number of rotatable bonds is 13. The van der Waals surface area contributed by atoms with Crippen LogP contribution in [0.1, 0.15) is 22.6 Å². The molecule has 37 heavy (non-hydrogen) atoms. The van der Waals surface area contributed by atoms with E-state index in [0.717, 1.165) is 12.1 Å². The highest BCUT2D eigenvalue weighted by atomic mass is 35.5. The number of aliphatic hydroxyl groups excluding tert-OH is 1. The molecule has 3 N–H and O–H groups in total. The summed E-state index contributed by atoms with van der Waals surface area (Å²) >= 11 is 5.92. The summed E-state index contributed by atoms with van der Waals surface area (Å²) < 4.78 is 54.0. The van der Waals surface area contributed by atoms with E-state index < -0.39 is 18.0 Å². The average Bonchev–Trinajstić information content (AvgIpc) is 3.19. The molecule has 0 aliphatic rings. The van der Waals surface area contributed by atoms with E-state index in [4.69, 9.17) is 26.2 Å². The number of nitrogens with zero attached hydrogens (tertiary/aromatic N) is 3. The monoisotopic (exact) mass is 543 g/mol. The zero-order chi connectivity index (χ0) is 26.8. The quantitative estimate of drug-likeness (QED) is 0.280. The molecule has 10 nitrogen and oxygen atoms in total. The fourth-order valence-electron chi connectivity index (χ4n) is 3.17. The first-order valence-corrected chi connectivity index (χ1v) is 11.5. The number of aromatic nitrogens is 3. The zero-order valence-electron chi connectivity index (χ0n) is 19.7. The second-order valence-corrected chi connectivity index (χ2v) is 7.88. The van der Waals surface area contributed by atoms with Crippen LogP contribution in [0.5, 0.6) is 17.5 Å². The van der Waals surface area contributed by atoms with Gasteiger partial charge in [0.05, 0.1) is 17.3 Å². The lowest BCUT2D eigenvalue weighted by atomic mass is 10.3. The molecule has 0 aliphatic carbocycles. The van der Waals surface area contributed by atoms with Crippen LogP contribution < -0.4 is 24.8 Å². The lowest BCUT2D eigenvalue weighted by Gasteiger charge is -2.13. The van der Waals surface area contributed by atoms with Gasteiger partial charge in [-0.1, -0.05) is 17.7 Å². The Labute approximate surface area is 215 Å². The van der Waals surface area contributed by atoms with Crippen molar-refractivity contribution < 1.29 is 37.3 Å². The van der Waals surface area contributed by atoms with Crippen LogP contribution in [0.25, 0.3) is 0 Å². The minimum atomic E-state index is -4.81. The van der Waals surface area contributed by atoms with Crippen molar-refractivity contribution in [3.8, 4) is 17.5 Å². The normalized spacial score (nSPS) is 11.2. The average molecular weight is 544 g/mol.